The number of benzene rings is 1. The SMILES string of the molecule is CC(C)NC(=S)C(=S)Nc1ccccc1. The van der Waals surface area contributed by atoms with Gasteiger partial charge < -0.3 is 10.6 Å². The summed E-state index contributed by atoms with van der Waals surface area (Å²) in [7, 11) is 0. The quantitative estimate of drug-likeness (QED) is 0.774. The van der Waals surface area contributed by atoms with Crippen molar-refractivity contribution < 1.29 is 0 Å². The molecule has 0 saturated heterocycles. The summed E-state index contributed by atoms with van der Waals surface area (Å²) in [5, 5.41) is 6.17. The second-order valence-electron chi connectivity index (χ2n) is 3.45. The van der Waals surface area contributed by atoms with E-state index in [4.69, 9.17) is 24.4 Å². The van der Waals surface area contributed by atoms with Crippen molar-refractivity contribution in [1.29, 1.82) is 0 Å². The highest BCUT2D eigenvalue weighted by molar-refractivity contribution is 7.89. The average molecular weight is 238 g/mol. The molecule has 4 heteroatoms. The molecule has 1 aromatic rings. The Bertz CT molecular complexity index is 347. The number of thiocarbonyl (C=S) groups is 2. The second kappa shape index (κ2) is 5.78. The van der Waals surface area contributed by atoms with Crippen molar-refractivity contribution in [3.8, 4) is 0 Å². The molecule has 0 unspecified atom stereocenters. The Morgan fingerprint density at radius 2 is 1.67 bits per heavy atom. The highest BCUT2D eigenvalue weighted by atomic mass is 32.1. The Hall–Kier alpha value is -1.00. The predicted octanol–water partition coefficient (Wildman–Crippen LogP) is 2.75. The van der Waals surface area contributed by atoms with Crippen molar-refractivity contribution >= 4 is 40.1 Å². The fourth-order valence-electron chi connectivity index (χ4n) is 1.04. The average Bonchev–Trinajstić information content (AvgIpc) is 2.18. The standard InChI is InChI=1S/C11H14N2S2/c1-8(2)12-10(14)11(15)13-9-6-4-3-5-7-9/h3-8H,1-2H3,(H,12,14)(H,13,15). The van der Waals surface area contributed by atoms with E-state index >= 15 is 0 Å². The van der Waals surface area contributed by atoms with E-state index in [1.54, 1.807) is 0 Å². The number of anilines is 1. The van der Waals surface area contributed by atoms with Crippen LogP contribution in [0.1, 0.15) is 13.8 Å². The first-order valence-corrected chi connectivity index (χ1v) is 5.58. The molecule has 2 nitrogen and oxygen atoms in total. The molecule has 0 heterocycles. The first kappa shape index (κ1) is 12.1. The van der Waals surface area contributed by atoms with Crippen LogP contribution in [0, 0.1) is 0 Å². The molecule has 2 N–H and O–H groups in total. The third kappa shape index (κ3) is 4.36. The second-order valence-corrected chi connectivity index (χ2v) is 4.26. The highest BCUT2D eigenvalue weighted by Gasteiger charge is 2.05. The van der Waals surface area contributed by atoms with Crippen molar-refractivity contribution in [3.05, 3.63) is 30.3 Å². The van der Waals surface area contributed by atoms with Crippen LogP contribution in [0.25, 0.3) is 0 Å². The number of hydrogen-bond acceptors (Lipinski definition) is 2. The predicted molar refractivity (Wildman–Crippen MR) is 73.5 cm³/mol. The molecule has 0 atom stereocenters. The lowest BCUT2D eigenvalue weighted by Crippen LogP contribution is -2.36. The molecule has 0 spiro atoms. The Morgan fingerprint density at radius 3 is 2.20 bits per heavy atom. The van der Waals surface area contributed by atoms with E-state index in [9.17, 15) is 0 Å². The molecule has 0 bridgehead atoms. The van der Waals surface area contributed by atoms with Gasteiger partial charge in [-0.1, -0.05) is 42.6 Å². The zero-order valence-corrected chi connectivity index (χ0v) is 10.4. The van der Waals surface area contributed by atoms with E-state index < -0.39 is 0 Å². The van der Waals surface area contributed by atoms with Gasteiger partial charge >= 0.3 is 0 Å². The minimum Gasteiger partial charge on any atom is -0.372 e. The van der Waals surface area contributed by atoms with Crippen molar-refractivity contribution in [2.45, 2.75) is 19.9 Å². The smallest absolute Gasteiger partial charge is 0.138 e. The topological polar surface area (TPSA) is 24.1 Å². The van der Waals surface area contributed by atoms with Crippen LogP contribution >= 0.6 is 24.4 Å². The van der Waals surface area contributed by atoms with Gasteiger partial charge in [-0.2, -0.15) is 0 Å². The lowest BCUT2D eigenvalue weighted by Gasteiger charge is -2.13. The molecule has 1 rings (SSSR count). The summed E-state index contributed by atoms with van der Waals surface area (Å²) in [5.74, 6) is 0. The molecule has 0 aromatic heterocycles. The van der Waals surface area contributed by atoms with E-state index in [0.717, 1.165) is 5.69 Å². The van der Waals surface area contributed by atoms with Gasteiger partial charge in [0.2, 0.25) is 0 Å². The Labute approximate surface area is 101 Å². The fraction of sp³-hybridized carbons (Fsp3) is 0.273. The maximum Gasteiger partial charge on any atom is 0.138 e. The van der Waals surface area contributed by atoms with Crippen LogP contribution in [-0.2, 0) is 0 Å². The summed E-state index contributed by atoms with van der Waals surface area (Å²) >= 11 is 10.3. The van der Waals surface area contributed by atoms with Crippen LogP contribution in [0.3, 0.4) is 0 Å². The van der Waals surface area contributed by atoms with E-state index in [2.05, 4.69) is 10.6 Å². The van der Waals surface area contributed by atoms with Gasteiger partial charge in [-0.05, 0) is 26.0 Å². The van der Waals surface area contributed by atoms with Crippen LogP contribution in [0.15, 0.2) is 30.3 Å². The molecule has 0 amide bonds. The summed E-state index contributed by atoms with van der Waals surface area (Å²) < 4.78 is 0. The van der Waals surface area contributed by atoms with E-state index in [0.29, 0.717) is 16.0 Å². The summed E-state index contributed by atoms with van der Waals surface area (Å²) in [4.78, 5) is 1.15. The molecule has 1 aromatic carbocycles. The zero-order chi connectivity index (χ0) is 11.3. The van der Waals surface area contributed by atoms with Crippen LogP contribution in [0.4, 0.5) is 5.69 Å². The Kier molecular flexibility index (Phi) is 4.65. The van der Waals surface area contributed by atoms with E-state index in [1.165, 1.54) is 0 Å². The molecule has 15 heavy (non-hydrogen) atoms. The number of rotatable bonds is 2. The third-order valence-electron chi connectivity index (χ3n) is 1.66. The molecule has 0 radical (unpaired) electrons. The van der Waals surface area contributed by atoms with E-state index in [1.807, 2.05) is 44.2 Å². The highest BCUT2D eigenvalue weighted by Crippen LogP contribution is 2.05. The van der Waals surface area contributed by atoms with E-state index in [-0.39, 0.29) is 0 Å². The largest absolute Gasteiger partial charge is 0.372 e. The summed E-state index contributed by atoms with van der Waals surface area (Å²) in [6.45, 7) is 4.05. The summed E-state index contributed by atoms with van der Waals surface area (Å²) in [6, 6.07) is 10.1. The molecule has 0 saturated carbocycles. The van der Waals surface area contributed by atoms with Crippen LogP contribution in [0.2, 0.25) is 0 Å². The van der Waals surface area contributed by atoms with Gasteiger partial charge in [0.1, 0.15) is 9.98 Å². The van der Waals surface area contributed by atoms with Crippen molar-refractivity contribution in [3.63, 3.8) is 0 Å². The van der Waals surface area contributed by atoms with Crippen LogP contribution < -0.4 is 10.6 Å². The summed E-state index contributed by atoms with van der Waals surface area (Å²) in [5.41, 5.74) is 0.954. The Morgan fingerprint density at radius 1 is 1.07 bits per heavy atom. The molecular formula is C11H14N2S2. The van der Waals surface area contributed by atoms with Gasteiger partial charge in [-0.25, -0.2) is 0 Å². The van der Waals surface area contributed by atoms with Gasteiger partial charge in [0, 0.05) is 11.7 Å². The van der Waals surface area contributed by atoms with Crippen molar-refractivity contribution in [1.82, 2.24) is 5.32 Å². The monoisotopic (exact) mass is 238 g/mol. The lowest BCUT2D eigenvalue weighted by atomic mass is 10.3. The normalized spacial score (nSPS) is 9.80. The summed E-state index contributed by atoms with van der Waals surface area (Å²) in [6.07, 6.45) is 0. The maximum atomic E-state index is 5.16. The minimum atomic E-state index is 0.299. The molecule has 80 valence electrons. The van der Waals surface area contributed by atoms with Gasteiger partial charge in [-0.15, -0.1) is 0 Å². The van der Waals surface area contributed by atoms with Crippen molar-refractivity contribution in [2.24, 2.45) is 0 Å². The number of nitrogens with one attached hydrogen (secondary N) is 2. The fourth-order valence-corrected chi connectivity index (χ4v) is 1.50. The van der Waals surface area contributed by atoms with Gasteiger partial charge in [0.15, 0.2) is 0 Å². The zero-order valence-electron chi connectivity index (χ0n) is 8.78. The molecule has 0 aliphatic carbocycles. The lowest BCUT2D eigenvalue weighted by molar-refractivity contribution is 0.744. The molecule has 0 aliphatic heterocycles. The Balaban J connectivity index is 2.53. The molecular weight excluding hydrogens is 224 g/mol. The molecule has 0 fully saturated rings. The third-order valence-corrected chi connectivity index (χ3v) is 2.42. The minimum absolute atomic E-state index is 0.299. The van der Waals surface area contributed by atoms with Crippen LogP contribution in [-0.4, -0.2) is 16.0 Å². The van der Waals surface area contributed by atoms with Gasteiger partial charge in [0.25, 0.3) is 0 Å². The van der Waals surface area contributed by atoms with Gasteiger partial charge in [0.05, 0.1) is 0 Å². The first-order valence-electron chi connectivity index (χ1n) is 4.76. The van der Waals surface area contributed by atoms with Gasteiger partial charge in [-0.3, -0.25) is 0 Å². The number of para-hydroxylation sites is 1. The van der Waals surface area contributed by atoms with Crippen molar-refractivity contribution in [2.75, 3.05) is 5.32 Å². The first-order chi connectivity index (χ1) is 7.09. The molecule has 0 aliphatic rings. The maximum absolute atomic E-state index is 5.16. The number of hydrogen-bond donors (Lipinski definition) is 2. The van der Waals surface area contributed by atoms with Crippen LogP contribution in [0.5, 0.6) is 0 Å².